The molecule has 0 saturated carbocycles. The van der Waals surface area contributed by atoms with Crippen molar-refractivity contribution in [3.63, 3.8) is 0 Å². The molecular formula is C10H14ClZn. The van der Waals surface area contributed by atoms with Crippen molar-refractivity contribution in [3.8, 4) is 0 Å². The molecule has 0 aliphatic carbocycles. The van der Waals surface area contributed by atoms with Gasteiger partial charge in [0.15, 0.2) is 0 Å². The molecule has 0 amide bonds. The van der Waals surface area contributed by atoms with E-state index >= 15 is 0 Å². The molecule has 0 bridgehead atoms. The molecule has 0 N–H and O–H groups in total. The van der Waals surface area contributed by atoms with E-state index in [1.807, 2.05) is 0 Å². The van der Waals surface area contributed by atoms with Crippen LogP contribution in [0.4, 0.5) is 0 Å². The molecule has 0 nitrogen and oxygen atoms in total. The molecular weight excluding hydrogens is 221 g/mol. The van der Waals surface area contributed by atoms with Gasteiger partial charge in [0, 0.05) is 0 Å². The Kier molecular flexibility index (Phi) is 4.44. The molecule has 0 aliphatic rings. The van der Waals surface area contributed by atoms with Gasteiger partial charge in [-0.3, -0.25) is 0 Å². The molecule has 0 spiro atoms. The maximum Gasteiger partial charge on any atom is -0.147 e. The van der Waals surface area contributed by atoms with E-state index in [1.165, 1.54) is 28.0 Å². The summed E-state index contributed by atoms with van der Waals surface area (Å²) in [6.45, 7) is 6.73. The monoisotopic (exact) mass is 233 g/mol. The maximum absolute atomic E-state index is 2.24. The van der Waals surface area contributed by atoms with Crippen molar-refractivity contribution in [2.24, 2.45) is 0 Å². The largest absolute Gasteiger partial charge is 0.147 e. The second-order valence-electron chi connectivity index (χ2n) is 3.95. The first kappa shape index (κ1) is 12.1. The summed E-state index contributed by atoms with van der Waals surface area (Å²) < 4.78 is 1.46. The van der Waals surface area contributed by atoms with Gasteiger partial charge in [-0.2, -0.15) is 0 Å². The Morgan fingerprint density at radius 2 is 1.42 bits per heavy atom. The fourth-order valence-corrected chi connectivity index (χ4v) is 1.50. The Balaban J connectivity index is 0.00000121. The molecule has 0 heterocycles. The second kappa shape index (κ2) is 4.39. The van der Waals surface area contributed by atoms with Gasteiger partial charge in [0.1, 0.15) is 0 Å². The van der Waals surface area contributed by atoms with Crippen molar-refractivity contribution < 1.29 is 18.3 Å². The van der Waals surface area contributed by atoms with E-state index in [0.717, 1.165) is 0 Å². The zero-order valence-electron chi connectivity index (χ0n) is 7.92. The maximum atomic E-state index is 2.24. The summed E-state index contributed by atoms with van der Waals surface area (Å²) in [5.74, 6) is 0. The normalized spacial score (nSPS) is 10.8. The summed E-state index contributed by atoms with van der Waals surface area (Å²) in [4.78, 5) is 0. The summed E-state index contributed by atoms with van der Waals surface area (Å²) in [6, 6.07) is 8.92. The van der Waals surface area contributed by atoms with Crippen molar-refractivity contribution >= 4 is 16.6 Å². The van der Waals surface area contributed by atoms with Gasteiger partial charge in [0.25, 0.3) is 0 Å². The number of hydrogen-bond donors (Lipinski definition) is 0. The first-order chi connectivity index (χ1) is 5.00. The SMILES string of the molecule is CC(C)(C)c1cc[c]([Zn])cc1.Cl. The standard InChI is InChI=1S/C10H13.ClH.Zn/c1-10(2,3)9-7-5-4-6-8-9;;/h5-8H,1-3H3;1H;. The second-order valence-corrected chi connectivity index (χ2v) is 5.66. The third-order valence-electron chi connectivity index (χ3n) is 1.82. The van der Waals surface area contributed by atoms with Crippen molar-refractivity contribution in [2.45, 2.75) is 26.2 Å². The van der Waals surface area contributed by atoms with Crippen molar-refractivity contribution in [2.75, 3.05) is 0 Å². The fourth-order valence-electron chi connectivity index (χ4n) is 1.00. The van der Waals surface area contributed by atoms with Crippen LogP contribution in [-0.2, 0) is 23.7 Å². The van der Waals surface area contributed by atoms with Gasteiger partial charge in [-0.05, 0) is 0 Å². The van der Waals surface area contributed by atoms with Crippen LogP contribution in [-0.4, -0.2) is 0 Å². The Bertz CT molecular complexity index is 233. The third-order valence-corrected chi connectivity index (χ3v) is 2.81. The minimum absolute atomic E-state index is 0. The van der Waals surface area contributed by atoms with Crippen LogP contribution in [0.3, 0.4) is 0 Å². The van der Waals surface area contributed by atoms with Crippen LogP contribution < -0.4 is 4.16 Å². The van der Waals surface area contributed by atoms with Crippen LogP contribution in [0.1, 0.15) is 26.3 Å². The Hall–Kier alpha value is 0.133. The molecule has 0 radical (unpaired) electrons. The van der Waals surface area contributed by atoms with Gasteiger partial charge in [-0.15, -0.1) is 12.4 Å². The molecule has 1 rings (SSSR count). The van der Waals surface area contributed by atoms with Crippen LogP contribution in [0.25, 0.3) is 0 Å². The number of halogens is 1. The topological polar surface area (TPSA) is 0 Å². The van der Waals surface area contributed by atoms with Gasteiger partial charge in [-0.1, -0.05) is 0 Å². The average Bonchev–Trinajstić information content (AvgIpc) is 1.86. The molecule has 12 heavy (non-hydrogen) atoms. The zero-order valence-corrected chi connectivity index (χ0v) is 11.7. The smallest absolute Gasteiger partial charge is 0.147 e. The van der Waals surface area contributed by atoms with Gasteiger partial charge in [0.05, 0.1) is 0 Å². The first-order valence-electron chi connectivity index (χ1n) is 3.92. The molecule has 0 aromatic heterocycles. The summed E-state index contributed by atoms with van der Waals surface area (Å²) in [5.41, 5.74) is 1.72. The van der Waals surface area contributed by atoms with E-state index in [1.54, 1.807) is 0 Å². The average molecular weight is 235 g/mol. The minimum atomic E-state index is 0. The van der Waals surface area contributed by atoms with Crippen molar-refractivity contribution in [3.05, 3.63) is 29.8 Å². The number of rotatable bonds is 0. The van der Waals surface area contributed by atoms with E-state index in [2.05, 4.69) is 45.0 Å². The number of hydrogen-bond acceptors (Lipinski definition) is 0. The molecule has 1 aromatic rings. The van der Waals surface area contributed by atoms with E-state index in [0.29, 0.717) is 5.41 Å². The molecule has 0 saturated heterocycles. The predicted octanol–water partition coefficient (Wildman–Crippen LogP) is 2.58. The summed E-state index contributed by atoms with van der Waals surface area (Å²) in [6.07, 6.45) is 0. The van der Waals surface area contributed by atoms with E-state index in [9.17, 15) is 0 Å². The zero-order chi connectivity index (χ0) is 8.48. The molecule has 63 valence electrons. The minimum Gasteiger partial charge on any atom is -0.147 e. The quantitative estimate of drug-likeness (QED) is 0.606. The van der Waals surface area contributed by atoms with Crippen molar-refractivity contribution in [1.29, 1.82) is 0 Å². The van der Waals surface area contributed by atoms with Crippen LogP contribution in [0.2, 0.25) is 0 Å². The molecule has 0 aliphatic heterocycles. The summed E-state index contributed by atoms with van der Waals surface area (Å²) in [5, 5.41) is 0. The summed E-state index contributed by atoms with van der Waals surface area (Å²) >= 11 is 1.25. The Morgan fingerprint density at radius 3 is 1.75 bits per heavy atom. The van der Waals surface area contributed by atoms with Crippen LogP contribution in [0.15, 0.2) is 24.3 Å². The fraction of sp³-hybridized carbons (Fsp3) is 0.400. The summed E-state index contributed by atoms with van der Waals surface area (Å²) in [7, 11) is 0. The molecule has 0 fully saturated rings. The van der Waals surface area contributed by atoms with Gasteiger partial charge in [0.2, 0.25) is 0 Å². The Labute approximate surface area is 90.8 Å². The van der Waals surface area contributed by atoms with Gasteiger partial charge < -0.3 is 0 Å². The Morgan fingerprint density at radius 1 is 1.00 bits per heavy atom. The van der Waals surface area contributed by atoms with E-state index in [4.69, 9.17) is 0 Å². The van der Waals surface area contributed by atoms with Crippen LogP contribution in [0, 0.1) is 0 Å². The van der Waals surface area contributed by atoms with Gasteiger partial charge in [-0.25, -0.2) is 0 Å². The molecule has 1 aromatic carbocycles. The van der Waals surface area contributed by atoms with E-state index < -0.39 is 0 Å². The molecule has 0 atom stereocenters. The van der Waals surface area contributed by atoms with Crippen LogP contribution >= 0.6 is 12.4 Å². The van der Waals surface area contributed by atoms with Crippen molar-refractivity contribution in [1.82, 2.24) is 0 Å². The molecule has 0 unspecified atom stereocenters. The van der Waals surface area contributed by atoms with Gasteiger partial charge >= 0.3 is 78.5 Å². The first-order valence-corrected chi connectivity index (χ1v) is 5.41. The number of benzene rings is 1. The molecule has 2 heteroatoms. The van der Waals surface area contributed by atoms with E-state index in [-0.39, 0.29) is 12.4 Å². The predicted molar refractivity (Wildman–Crippen MR) is 52.0 cm³/mol. The third kappa shape index (κ3) is 3.25. The van der Waals surface area contributed by atoms with Crippen LogP contribution in [0.5, 0.6) is 0 Å².